The highest BCUT2D eigenvalue weighted by Gasteiger charge is 2.47. The molecule has 0 unspecified atom stereocenters. The van der Waals surface area contributed by atoms with E-state index in [2.05, 4.69) is 25.3 Å². The van der Waals surface area contributed by atoms with Crippen LogP contribution in [-0.4, -0.2) is 47.1 Å². The molecule has 0 radical (unpaired) electrons. The summed E-state index contributed by atoms with van der Waals surface area (Å²) >= 11 is 0. The third-order valence-electron chi connectivity index (χ3n) is 7.12. The van der Waals surface area contributed by atoms with Crippen LogP contribution in [0.5, 0.6) is 11.8 Å². The number of pyridine rings is 1. The van der Waals surface area contributed by atoms with Gasteiger partial charge in [0.2, 0.25) is 0 Å². The number of aryl methyl sites for hydroxylation is 2. The largest absolute Gasteiger partial charge is 0.489 e. The summed E-state index contributed by atoms with van der Waals surface area (Å²) in [7, 11) is 1.69. The molecule has 10 nitrogen and oxygen atoms in total. The number of nitrogens with zero attached hydrogens (tertiary/aromatic N) is 6. The Bertz CT molecular complexity index is 1270. The Kier molecular flexibility index (Phi) is 6.50. The fourth-order valence-electron chi connectivity index (χ4n) is 5.34. The summed E-state index contributed by atoms with van der Waals surface area (Å²) in [5.74, 6) is 0.242. The normalized spacial score (nSPS) is 23.1. The number of carboxylic acids is 1. The van der Waals surface area contributed by atoms with Gasteiger partial charge in [-0.2, -0.15) is 4.98 Å². The maximum absolute atomic E-state index is 12.9. The molecule has 4 atom stereocenters. The third kappa shape index (κ3) is 4.71. The number of aliphatic carboxylic acids is 1. The summed E-state index contributed by atoms with van der Waals surface area (Å²) in [6.07, 6.45) is 1.75. The first-order valence-corrected chi connectivity index (χ1v) is 11.8. The molecule has 2 fully saturated rings. The zero-order valence-electron chi connectivity index (χ0n) is 19.8. The van der Waals surface area contributed by atoms with Gasteiger partial charge in [0.05, 0.1) is 23.4 Å². The highest BCUT2D eigenvalue weighted by Crippen LogP contribution is 2.48. The standard InChI is InChI=1S/C24H26F2N6O4/c1-12-20(36-14-9-13-3-4-15(23(33)34)16(13)10-14)6-5-17(28-12)21-19(32(2)31-30-21)11-35-24-27-8-7-18(29-24)22(25)26/h5-8,13-16,22H,3-4,9-11H2,1-2H3,(H,33,34)/t13-,14+,15-,16+/m1/s1. The van der Waals surface area contributed by atoms with Crippen molar-refractivity contribution in [3.8, 4) is 23.1 Å². The van der Waals surface area contributed by atoms with Crippen molar-refractivity contribution in [3.63, 3.8) is 0 Å². The second-order valence-corrected chi connectivity index (χ2v) is 9.30. The molecule has 0 saturated heterocycles. The van der Waals surface area contributed by atoms with Crippen LogP contribution in [0.15, 0.2) is 24.4 Å². The number of alkyl halides is 2. The van der Waals surface area contributed by atoms with Crippen molar-refractivity contribution >= 4 is 5.97 Å². The summed E-state index contributed by atoms with van der Waals surface area (Å²) in [6, 6.07) is 4.57. The minimum absolute atomic E-state index is 0.0296. The van der Waals surface area contributed by atoms with Crippen LogP contribution >= 0.6 is 0 Å². The average Bonchev–Trinajstić information content (AvgIpc) is 3.53. The molecule has 2 saturated carbocycles. The second-order valence-electron chi connectivity index (χ2n) is 9.30. The molecule has 0 bridgehead atoms. The van der Waals surface area contributed by atoms with Crippen LogP contribution < -0.4 is 9.47 Å². The summed E-state index contributed by atoms with van der Waals surface area (Å²) in [5, 5.41) is 17.7. The molecule has 3 heterocycles. The van der Waals surface area contributed by atoms with Gasteiger partial charge in [0.15, 0.2) is 0 Å². The van der Waals surface area contributed by atoms with Gasteiger partial charge in [-0.15, -0.1) is 5.10 Å². The van der Waals surface area contributed by atoms with E-state index in [-0.39, 0.29) is 30.6 Å². The number of halogens is 2. The molecule has 2 aliphatic carbocycles. The number of ether oxygens (including phenoxy) is 2. The first-order chi connectivity index (χ1) is 17.3. The molecule has 0 aromatic carbocycles. The maximum Gasteiger partial charge on any atom is 0.317 e. The predicted octanol–water partition coefficient (Wildman–Crippen LogP) is 3.76. The first kappa shape index (κ1) is 24.0. The molecule has 3 aromatic rings. The molecule has 12 heteroatoms. The molecule has 36 heavy (non-hydrogen) atoms. The van der Waals surface area contributed by atoms with Crippen molar-refractivity contribution in [2.45, 2.75) is 51.7 Å². The van der Waals surface area contributed by atoms with E-state index in [4.69, 9.17) is 9.47 Å². The second kappa shape index (κ2) is 9.75. The van der Waals surface area contributed by atoms with Crippen molar-refractivity contribution < 1.29 is 28.2 Å². The minimum Gasteiger partial charge on any atom is -0.489 e. The van der Waals surface area contributed by atoms with Gasteiger partial charge in [-0.25, -0.2) is 23.4 Å². The zero-order valence-corrected chi connectivity index (χ0v) is 19.8. The van der Waals surface area contributed by atoms with Gasteiger partial charge < -0.3 is 14.6 Å². The Morgan fingerprint density at radius 2 is 2.06 bits per heavy atom. The molecular weight excluding hydrogens is 474 g/mol. The molecule has 5 rings (SSSR count). The fourth-order valence-corrected chi connectivity index (χ4v) is 5.34. The van der Waals surface area contributed by atoms with E-state index >= 15 is 0 Å². The van der Waals surface area contributed by atoms with Crippen molar-refractivity contribution in [1.29, 1.82) is 0 Å². The Morgan fingerprint density at radius 1 is 1.22 bits per heavy atom. The van der Waals surface area contributed by atoms with Crippen molar-refractivity contribution in [1.82, 2.24) is 29.9 Å². The molecule has 190 valence electrons. The number of rotatable bonds is 8. The fraction of sp³-hybridized carbons (Fsp3) is 0.500. The van der Waals surface area contributed by atoms with Crippen LogP contribution in [0.25, 0.3) is 11.4 Å². The Hall–Kier alpha value is -3.70. The topological polar surface area (TPSA) is 125 Å². The molecule has 1 N–H and O–H groups in total. The lowest BCUT2D eigenvalue weighted by Crippen LogP contribution is -2.21. The third-order valence-corrected chi connectivity index (χ3v) is 7.12. The Balaban J connectivity index is 1.28. The van der Waals surface area contributed by atoms with Crippen LogP contribution in [-0.2, 0) is 18.4 Å². The highest BCUT2D eigenvalue weighted by molar-refractivity contribution is 5.71. The number of carbonyl (C=O) groups is 1. The molecule has 2 aliphatic rings. The summed E-state index contributed by atoms with van der Waals surface area (Å²) < 4.78 is 39.1. The van der Waals surface area contributed by atoms with E-state index in [1.165, 1.54) is 10.9 Å². The smallest absolute Gasteiger partial charge is 0.317 e. The van der Waals surface area contributed by atoms with Gasteiger partial charge in [-0.05, 0) is 62.6 Å². The van der Waals surface area contributed by atoms with E-state index in [1.54, 1.807) is 13.1 Å². The van der Waals surface area contributed by atoms with Gasteiger partial charge in [0.1, 0.15) is 29.4 Å². The van der Waals surface area contributed by atoms with Crippen molar-refractivity contribution in [2.24, 2.45) is 24.8 Å². The molecule has 0 spiro atoms. The van der Waals surface area contributed by atoms with Gasteiger partial charge in [0.25, 0.3) is 6.43 Å². The van der Waals surface area contributed by atoms with E-state index in [1.807, 2.05) is 13.0 Å². The first-order valence-electron chi connectivity index (χ1n) is 11.8. The summed E-state index contributed by atoms with van der Waals surface area (Å²) in [4.78, 5) is 23.8. The number of carboxylic acid groups (broad SMARTS) is 1. The summed E-state index contributed by atoms with van der Waals surface area (Å²) in [6.45, 7) is 1.80. The monoisotopic (exact) mass is 500 g/mol. The SMILES string of the molecule is Cc1nc(-c2nnn(C)c2COc2nccc(C(F)F)n2)ccc1O[C@H]1C[C@H]2CC[C@@H](C(=O)O)[C@H]2C1. The quantitative estimate of drug-likeness (QED) is 0.492. The molecular formula is C24H26F2N6O4. The lowest BCUT2D eigenvalue weighted by Gasteiger charge is -2.18. The number of fused-ring (bicyclic) bond motifs is 1. The van der Waals surface area contributed by atoms with Crippen molar-refractivity contribution in [3.05, 3.63) is 41.5 Å². The van der Waals surface area contributed by atoms with E-state index in [0.29, 0.717) is 34.4 Å². The van der Waals surface area contributed by atoms with E-state index in [0.717, 1.165) is 31.7 Å². The van der Waals surface area contributed by atoms with E-state index in [9.17, 15) is 18.7 Å². The Labute approximate surface area is 205 Å². The van der Waals surface area contributed by atoms with Crippen LogP contribution in [0.3, 0.4) is 0 Å². The lowest BCUT2D eigenvalue weighted by atomic mass is 9.92. The summed E-state index contributed by atoms with van der Waals surface area (Å²) in [5.41, 5.74) is 1.87. The molecule has 0 amide bonds. The number of hydrogen-bond acceptors (Lipinski definition) is 8. The van der Waals surface area contributed by atoms with Crippen LogP contribution in [0.2, 0.25) is 0 Å². The van der Waals surface area contributed by atoms with Crippen LogP contribution in [0, 0.1) is 24.7 Å². The van der Waals surface area contributed by atoms with Gasteiger partial charge >= 0.3 is 12.0 Å². The predicted molar refractivity (Wildman–Crippen MR) is 121 cm³/mol. The minimum atomic E-state index is -2.72. The zero-order chi connectivity index (χ0) is 25.4. The highest BCUT2D eigenvalue weighted by atomic mass is 19.3. The Morgan fingerprint density at radius 3 is 2.81 bits per heavy atom. The van der Waals surface area contributed by atoms with Crippen LogP contribution in [0.1, 0.15) is 49.2 Å². The molecule has 0 aliphatic heterocycles. The van der Waals surface area contributed by atoms with Gasteiger partial charge in [-0.3, -0.25) is 4.79 Å². The number of hydrogen-bond donors (Lipinski definition) is 1. The van der Waals surface area contributed by atoms with Crippen molar-refractivity contribution in [2.75, 3.05) is 0 Å². The van der Waals surface area contributed by atoms with E-state index < -0.39 is 18.1 Å². The number of aromatic nitrogens is 6. The molecule has 3 aromatic heterocycles. The maximum atomic E-state index is 12.9. The van der Waals surface area contributed by atoms with Gasteiger partial charge in [-0.1, -0.05) is 5.21 Å². The lowest BCUT2D eigenvalue weighted by molar-refractivity contribution is -0.143. The van der Waals surface area contributed by atoms with Crippen LogP contribution in [0.4, 0.5) is 8.78 Å². The van der Waals surface area contributed by atoms with Gasteiger partial charge in [0, 0.05) is 13.2 Å². The average molecular weight is 501 g/mol.